The molecule has 0 radical (unpaired) electrons. The monoisotopic (exact) mass is 394 g/mol. The molecular weight excluding hydrogens is 371 g/mol. The minimum absolute atomic E-state index is 0.0544. The van der Waals surface area contributed by atoms with Gasteiger partial charge >= 0.3 is 0 Å². The van der Waals surface area contributed by atoms with E-state index in [-0.39, 0.29) is 35.8 Å². The number of hydrogen-bond donors (Lipinski definition) is 1. The Labute approximate surface area is 159 Å². The van der Waals surface area contributed by atoms with Gasteiger partial charge in [0.1, 0.15) is 5.82 Å². The van der Waals surface area contributed by atoms with Crippen molar-refractivity contribution in [2.75, 3.05) is 20.8 Å². The number of benzene rings is 2. The van der Waals surface area contributed by atoms with E-state index in [0.29, 0.717) is 11.1 Å². The molecule has 1 atom stereocenters. The number of methoxy groups -OCH3 is 1. The van der Waals surface area contributed by atoms with Crippen LogP contribution in [0.3, 0.4) is 0 Å². The topological polar surface area (TPSA) is 75.7 Å². The molecule has 0 aromatic heterocycles. The fourth-order valence-electron chi connectivity index (χ4n) is 2.57. The second-order valence-electron chi connectivity index (χ2n) is 6.25. The Morgan fingerprint density at radius 1 is 1.19 bits per heavy atom. The zero-order valence-corrected chi connectivity index (χ0v) is 16.3. The molecule has 0 bridgehead atoms. The molecule has 27 heavy (non-hydrogen) atoms. The first-order chi connectivity index (χ1) is 12.7. The van der Waals surface area contributed by atoms with E-state index >= 15 is 0 Å². The second kappa shape index (κ2) is 9.07. The smallest absolute Gasteiger partial charge is 0.253 e. The molecule has 2 aromatic carbocycles. The summed E-state index contributed by atoms with van der Waals surface area (Å²) in [4.78, 5) is 13.9. The number of ether oxygens (including phenoxy) is 1. The third-order valence-electron chi connectivity index (χ3n) is 3.90. The number of hydrogen-bond acceptors (Lipinski definition) is 4. The van der Waals surface area contributed by atoms with Crippen LogP contribution in [0.5, 0.6) is 0 Å². The third kappa shape index (κ3) is 5.59. The van der Waals surface area contributed by atoms with Gasteiger partial charge in [-0.2, -0.15) is 0 Å². The molecule has 8 heteroatoms. The highest BCUT2D eigenvalue weighted by molar-refractivity contribution is 7.89. The second-order valence-corrected chi connectivity index (χ2v) is 7.97. The Bertz CT molecular complexity index is 885. The van der Waals surface area contributed by atoms with Gasteiger partial charge in [-0.25, -0.2) is 17.5 Å². The van der Waals surface area contributed by atoms with Gasteiger partial charge in [-0.15, -0.1) is 0 Å². The Hall–Kier alpha value is -2.29. The predicted molar refractivity (Wildman–Crippen MR) is 100 cm³/mol. The SMILES string of the molecule is COC[C@H](C)NS(=O)(=O)c1ccc(C(=O)N(C)Cc2ccccc2F)cc1. The Morgan fingerprint density at radius 2 is 1.81 bits per heavy atom. The molecule has 146 valence electrons. The van der Waals surface area contributed by atoms with Crippen LogP contribution in [-0.4, -0.2) is 46.0 Å². The van der Waals surface area contributed by atoms with Gasteiger partial charge in [-0.1, -0.05) is 18.2 Å². The normalized spacial score (nSPS) is 12.6. The van der Waals surface area contributed by atoms with Gasteiger partial charge in [-0.3, -0.25) is 4.79 Å². The minimum atomic E-state index is -3.70. The van der Waals surface area contributed by atoms with Gasteiger partial charge in [0.15, 0.2) is 0 Å². The van der Waals surface area contributed by atoms with Crippen LogP contribution in [0.25, 0.3) is 0 Å². The molecule has 0 unspecified atom stereocenters. The fraction of sp³-hybridized carbons (Fsp3) is 0.316. The largest absolute Gasteiger partial charge is 0.383 e. The van der Waals surface area contributed by atoms with Gasteiger partial charge in [0.2, 0.25) is 10.0 Å². The quantitative estimate of drug-likeness (QED) is 0.746. The van der Waals surface area contributed by atoms with Crippen molar-refractivity contribution < 1.29 is 22.3 Å². The molecule has 0 heterocycles. The molecule has 1 amide bonds. The highest BCUT2D eigenvalue weighted by Gasteiger charge is 2.19. The molecule has 0 spiro atoms. The average molecular weight is 394 g/mol. The Morgan fingerprint density at radius 3 is 2.41 bits per heavy atom. The summed E-state index contributed by atoms with van der Waals surface area (Å²) in [6.45, 7) is 2.05. The molecule has 0 saturated heterocycles. The lowest BCUT2D eigenvalue weighted by Crippen LogP contribution is -2.35. The number of carbonyl (C=O) groups is 1. The maximum Gasteiger partial charge on any atom is 0.253 e. The van der Waals surface area contributed by atoms with E-state index in [2.05, 4.69) is 4.72 Å². The van der Waals surface area contributed by atoms with Gasteiger partial charge in [0.05, 0.1) is 11.5 Å². The van der Waals surface area contributed by atoms with Crippen LogP contribution >= 0.6 is 0 Å². The standard InChI is InChI=1S/C19H23FN2O4S/c1-14(13-26-3)21-27(24,25)17-10-8-15(9-11-17)19(23)22(2)12-16-6-4-5-7-18(16)20/h4-11,14,21H,12-13H2,1-3H3/t14-/m0/s1. The van der Waals surface area contributed by atoms with Crippen LogP contribution < -0.4 is 4.72 Å². The van der Waals surface area contributed by atoms with Gasteiger partial charge in [0, 0.05) is 37.9 Å². The van der Waals surface area contributed by atoms with Gasteiger partial charge in [0.25, 0.3) is 5.91 Å². The number of nitrogens with zero attached hydrogens (tertiary/aromatic N) is 1. The number of carbonyl (C=O) groups excluding carboxylic acids is 1. The van der Waals surface area contributed by atoms with Crippen molar-refractivity contribution >= 4 is 15.9 Å². The van der Waals surface area contributed by atoms with E-state index in [4.69, 9.17) is 4.74 Å². The van der Waals surface area contributed by atoms with Crippen LogP contribution in [0.1, 0.15) is 22.8 Å². The summed E-state index contributed by atoms with van der Waals surface area (Å²) in [6.07, 6.45) is 0. The molecule has 6 nitrogen and oxygen atoms in total. The Kier molecular flexibility index (Phi) is 7.06. The molecule has 2 rings (SSSR count). The van der Waals surface area contributed by atoms with Crippen LogP contribution in [0.2, 0.25) is 0 Å². The number of rotatable bonds is 8. The molecule has 0 saturated carbocycles. The molecule has 2 aromatic rings. The molecule has 0 aliphatic heterocycles. The zero-order valence-electron chi connectivity index (χ0n) is 15.5. The van der Waals surface area contributed by atoms with E-state index in [9.17, 15) is 17.6 Å². The summed E-state index contributed by atoms with van der Waals surface area (Å²) in [6, 6.07) is 11.5. The molecule has 0 aliphatic carbocycles. The maximum atomic E-state index is 13.7. The van der Waals surface area contributed by atoms with E-state index in [0.717, 1.165) is 0 Å². The van der Waals surface area contributed by atoms with Crippen LogP contribution in [-0.2, 0) is 21.3 Å². The van der Waals surface area contributed by atoms with Gasteiger partial charge in [-0.05, 0) is 37.3 Å². The van der Waals surface area contributed by atoms with Crippen molar-refractivity contribution in [1.29, 1.82) is 0 Å². The maximum absolute atomic E-state index is 13.7. The van der Waals surface area contributed by atoms with Crippen molar-refractivity contribution in [2.24, 2.45) is 0 Å². The van der Waals surface area contributed by atoms with Gasteiger partial charge < -0.3 is 9.64 Å². The van der Waals surface area contributed by atoms with E-state index in [1.807, 2.05) is 0 Å². The Balaban J connectivity index is 2.09. The number of nitrogens with one attached hydrogen (secondary N) is 1. The van der Waals surface area contributed by atoms with Crippen LogP contribution in [0, 0.1) is 5.82 Å². The summed E-state index contributed by atoms with van der Waals surface area (Å²) in [7, 11) is -0.651. The third-order valence-corrected chi connectivity index (χ3v) is 5.50. The average Bonchev–Trinajstić information content (AvgIpc) is 2.63. The first kappa shape index (κ1) is 21.0. The molecular formula is C19H23FN2O4S. The van der Waals surface area contributed by atoms with E-state index in [1.54, 1.807) is 32.2 Å². The molecule has 0 fully saturated rings. The predicted octanol–water partition coefficient (Wildman–Crippen LogP) is 2.41. The van der Waals surface area contributed by atoms with Crippen molar-refractivity contribution in [3.8, 4) is 0 Å². The highest BCUT2D eigenvalue weighted by Crippen LogP contribution is 2.15. The lowest BCUT2D eigenvalue weighted by atomic mass is 10.1. The lowest BCUT2D eigenvalue weighted by Gasteiger charge is -2.18. The van der Waals surface area contributed by atoms with Crippen LogP contribution in [0.4, 0.5) is 4.39 Å². The van der Waals surface area contributed by atoms with Crippen LogP contribution in [0.15, 0.2) is 53.4 Å². The summed E-state index contributed by atoms with van der Waals surface area (Å²) >= 11 is 0. The van der Waals surface area contributed by atoms with Crippen molar-refractivity contribution in [3.63, 3.8) is 0 Å². The molecule has 0 aliphatic rings. The number of sulfonamides is 1. The first-order valence-electron chi connectivity index (χ1n) is 8.35. The summed E-state index contributed by atoms with van der Waals surface area (Å²) < 4.78 is 45.8. The van der Waals surface area contributed by atoms with Crippen molar-refractivity contribution in [3.05, 3.63) is 65.5 Å². The van der Waals surface area contributed by atoms with Crippen molar-refractivity contribution in [2.45, 2.75) is 24.4 Å². The summed E-state index contributed by atoms with van der Waals surface area (Å²) in [5.41, 5.74) is 0.724. The zero-order chi connectivity index (χ0) is 20.0. The number of halogens is 1. The molecule has 1 N–H and O–H groups in total. The fourth-order valence-corrected chi connectivity index (χ4v) is 3.80. The number of amides is 1. The lowest BCUT2D eigenvalue weighted by molar-refractivity contribution is 0.0783. The van der Waals surface area contributed by atoms with Crippen molar-refractivity contribution in [1.82, 2.24) is 9.62 Å². The first-order valence-corrected chi connectivity index (χ1v) is 9.83. The highest BCUT2D eigenvalue weighted by atomic mass is 32.2. The van der Waals surface area contributed by atoms with E-state index in [1.165, 1.54) is 42.3 Å². The summed E-state index contributed by atoms with van der Waals surface area (Å²) in [5, 5.41) is 0. The van der Waals surface area contributed by atoms with E-state index < -0.39 is 10.0 Å². The minimum Gasteiger partial charge on any atom is -0.383 e. The summed E-state index contributed by atoms with van der Waals surface area (Å²) in [5.74, 6) is -0.710.